The van der Waals surface area contributed by atoms with Crippen molar-refractivity contribution in [1.82, 2.24) is 9.78 Å². The van der Waals surface area contributed by atoms with Crippen molar-refractivity contribution in [2.24, 2.45) is 5.92 Å². The summed E-state index contributed by atoms with van der Waals surface area (Å²) in [7, 11) is 0. The molecule has 4 aromatic rings. The minimum absolute atomic E-state index is 0.0127. The van der Waals surface area contributed by atoms with Gasteiger partial charge in [-0.05, 0) is 43.2 Å². The van der Waals surface area contributed by atoms with Crippen LogP contribution in [0.4, 0.5) is 15.8 Å². The third-order valence-electron chi connectivity index (χ3n) is 7.01. The summed E-state index contributed by atoms with van der Waals surface area (Å²) in [5.74, 6) is -3.04. The number of Topliss-reactive ketones (excluding diaryl/α,β-unsaturated/α-hetero) is 1. The average molecular weight is 522 g/mol. The molecule has 1 aromatic heterocycles. The van der Waals surface area contributed by atoms with E-state index in [0.29, 0.717) is 39.6 Å². The molecular formula is C30H24FN5O3. The molecule has 0 saturated carbocycles. The molecule has 3 aromatic carbocycles. The topological polar surface area (TPSA) is 100 Å². The molecule has 1 atom stereocenters. The number of carbonyl (C=O) groups is 2. The van der Waals surface area contributed by atoms with E-state index >= 15 is 4.39 Å². The molecule has 1 fully saturated rings. The van der Waals surface area contributed by atoms with E-state index in [1.807, 2.05) is 36.4 Å². The van der Waals surface area contributed by atoms with Gasteiger partial charge in [-0.25, -0.2) is 9.07 Å². The van der Waals surface area contributed by atoms with Gasteiger partial charge in [0.25, 0.3) is 0 Å². The number of hydrogen-bond acceptors (Lipinski definition) is 6. The molecule has 1 saturated heterocycles. The van der Waals surface area contributed by atoms with Gasteiger partial charge in [0.1, 0.15) is 18.1 Å². The van der Waals surface area contributed by atoms with Crippen molar-refractivity contribution in [3.63, 3.8) is 0 Å². The zero-order chi connectivity index (χ0) is 26.9. The van der Waals surface area contributed by atoms with E-state index in [4.69, 9.17) is 4.74 Å². The lowest BCUT2D eigenvalue weighted by molar-refractivity contribution is -0.117. The van der Waals surface area contributed by atoms with Crippen LogP contribution in [-0.2, 0) is 11.4 Å². The van der Waals surface area contributed by atoms with Crippen molar-refractivity contribution >= 4 is 23.1 Å². The van der Waals surface area contributed by atoms with E-state index in [1.54, 1.807) is 35.0 Å². The second kappa shape index (κ2) is 10.1. The summed E-state index contributed by atoms with van der Waals surface area (Å²) < 4.78 is 22.8. The van der Waals surface area contributed by atoms with Crippen LogP contribution in [0.25, 0.3) is 16.9 Å². The van der Waals surface area contributed by atoms with E-state index < -0.39 is 23.4 Å². The summed E-state index contributed by atoms with van der Waals surface area (Å²) in [6, 6.07) is 22.4. The van der Waals surface area contributed by atoms with Gasteiger partial charge in [-0.1, -0.05) is 36.4 Å². The number of fused-ring (bicyclic) bond motifs is 3. The lowest BCUT2D eigenvalue weighted by atomic mass is 9.95. The first-order chi connectivity index (χ1) is 19.0. The summed E-state index contributed by atoms with van der Waals surface area (Å²) in [6.07, 6.45) is 2.02. The number of aromatic nitrogens is 2. The zero-order valence-corrected chi connectivity index (χ0v) is 20.9. The van der Waals surface area contributed by atoms with Crippen LogP contribution in [0, 0.1) is 23.1 Å². The number of carbonyl (C=O) groups excluding carboxylic acids is 2. The molecule has 0 aliphatic carbocycles. The molecule has 194 valence electrons. The lowest BCUT2D eigenvalue weighted by Crippen LogP contribution is -2.29. The Bertz CT molecular complexity index is 1610. The maximum atomic E-state index is 15.0. The first kappa shape index (κ1) is 24.4. The number of halogens is 1. The quantitative estimate of drug-likeness (QED) is 0.279. The van der Waals surface area contributed by atoms with E-state index in [1.165, 1.54) is 12.1 Å². The molecule has 1 unspecified atom stereocenters. The number of nitriles is 1. The number of hydrogen-bond donors (Lipinski definition) is 1. The van der Waals surface area contributed by atoms with Crippen LogP contribution < -0.4 is 15.0 Å². The maximum absolute atomic E-state index is 15.0. The average Bonchev–Trinajstić information content (AvgIpc) is 3.63. The molecule has 8 nitrogen and oxygen atoms in total. The van der Waals surface area contributed by atoms with Crippen LogP contribution in [0.2, 0.25) is 0 Å². The largest absolute Gasteiger partial charge is 0.486 e. The standard InChI is InChI=1S/C30H24FN5O3/c31-19-15-22-27-24(18-39-29(22)25(16-19)35-13-7-8-14-35)26(34-36(27)21-11-5-2-6-12-21)28(37)23(17-32)30(38)33-20-9-3-1-4-10-20/h1-6,9-12,15-16,23H,7-8,13-14,18H2,(H,33,38). The Hall–Kier alpha value is -4.97. The van der Waals surface area contributed by atoms with Gasteiger partial charge >= 0.3 is 0 Å². The van der Waals surface area contributed by atoms with Crippen molar-refractivity contribution < 1.29 is 18.7 Å². The summed E-state index contributed by atoms with van der Waals surface area (Å²) in [5.41, 5.74) is 3.11. The summed E-state index contributed by atoms with van der Waals surface area (Å²) in [6.45, 7) is 1.59. The lowest BCUT2D eigenvalue weighted by Gasteiger charge is -2.27. The summed E-state index contributed by atoms with van der Waals surface area (Å²) in [5, 5.41) is 17.1. The molecule has 6 rings (SSSR count). The van der Waals surface area contributed by atoms with Crippen molar-refractivity contribution in [2.75, 3.05) is 23.3 Å². The normalized spacial score (nSPS) is 14.5. The van der Waals surface area contributed by atoms with Gasteiger partial charge in [-0.2, -0.15) is 10.4 Å². The van der Waals surface area contributed by atoms with Crippen LogP contribution in [0.1, 0.15) is 28.9 Å². The molecule has 3 heterocycles. The number of benzene rings is 3. The number of nitrogens with zero attached hydrogens (tertiary/aromatic N) is 4. The molecule has 1 N–H and O–H groups in total. The number of ether oxygens (including phenoxy) is 1. The number of ketones is 1. The fourth-order valence-electron chi connectivity index (χ4n) is 5.17. The number of nitrogens with one attached hydrogen (secondary N) is 1. The van der Waals surface area contributed by atoms with Gasteiger partial charge in [-0.15, -0.1) is 0 Å². The molecule has 1 amide bonds. The Kier molecular flexibility index (Phi) is 6.29. The fraction of sp³-hybridized carbons (Fsp3) is 0.200. The van der Waals surface area contributed by atoms with E-state index in [-0.39, 0.29) is 12.3 Å². The highest BCUT2D eigenvalue weighted by Crippen LogP contribution is 2.46. The Balaban J connectivity index is 1.47. The molecule has 0 bridgehead atoms. The molecule has 0 spiro atoms. The number of para-hydroxylation sites is 2. The number of rotatable bonds is 6. The van der Waals surface area contributed by atoms with Crippen LogP contribution in [-0.4, -0.2) is 34.6 Å². The highest BCUT2D eigenvalue weighted by atomic mass is 19.1. The Morgan fingerprint density at radius 1 is 1.03 bits per heavy atom. The highest BCUT2D eigenvalue weighted by Gasteiger charge is 2.37. The van der Waals surface area contributed by atoms with Crippen molar-refractivity contribution in [1.29, 1.82) is 5.26 Å². The minimum Gasteiger partial charge on any atom is -0.486 e. The van der Waals surface area contributed by atoms with Gasteiger partial charge in [0, 0.05) is 36.0 Å². The van der Waals surface area contributed by atoms with Gasteiger partial charge in [0.05, 0.1) is 23.1 Å². The third kappa shape index (κ3) is 4.40. The van der Waals surface area contributed by atoms with Gasteiger partial charge < -0.3 is 15.0 Å². The Labute approximate surface area is 224 Å². The van der Waals surface area contributed by atoms with Gasteiger partial charge in [0.15, 0.2) is 11.7 Å². The van der Waals surface area contributed by atoms with E-state index in [0.717, 1.165) is 25.9 Å². The molecule has 2 aliphatic rings. The predicted octanol–water partition coefficient (Wildman–Crippen LogP) is 5.13. The van der Waals surface area contributed by atoms with Crippen LogP contribution in [0.5, 0.6) is 5.75 Å². The maximum Gasteiger partial charge on any atom is 0.249 e. The molecule has 0 radical (unpaired) electrons. The molecule has 2 aliphatic heterocycles. The zero-order valence-electron chi connectivity index (χ0n) is 20.9. The van der Waals surface area contributed by atoms with E-state index in [9.17, 15) is 14.9 Å². The Morgan fingerprint density at radius 3 is 2.41 bits per heavy atom. The monoisotopic (exact) mass is 521 g/mol. The fourth-order valence-corrected chi connectivity index (χ4v) is 5.17. The van der Waals surface area contributed by atoms with Crippen molar-refractivity contribution in [3.8, 4) is 28.8 Å². The molecule has 9 heteroatoms. The van der Waals surface area contributed by atoms with Crippen molar-refractivity contribution in [2.45, 2.75) is 19.4 Å². The van der Waals surface area contributed by atoms with Crippen molar-refractivity contribution in [3.05, 3.63) is 89.9 Å². The Morgan fingerprint density at radius 2 is 1.72 bits per heavy atom. The van der Waals surface area contributed by atoms with Crippen LogP contribution >= 0.6 is 0 Å². The molecule has 39 heavy (non-hydrogen) atoms. The summed E-state index contributed by atoms with van der Waals surface area (Å²) in [4.78, 5) is 28.7. The van der Waals surface area contributed by atoms with Crippen LogP contribution in [0.3, 0.4) is 0 Å². The van der Waals surface area contributed by atoms with Gasteiger partial charge in [0.2, 0.25) is 11.7 Å². The van der Waals surface area contributed by atoms with Crippen LogP contribution in [0.15, 0.2) is 72.8 Å². The minimum atomic E-state index is -1.64. The third-order valence-corrected chi connectivity index (χ3v) is 7.01. The number of anilines is 2. The first-order valence-corrected chi connectivity index (χ1v) is 12.7. The predicted molar refractivity (Wildman–Crippen MR) is 143 cm³/mol. The SMILES string of the molecule is N#CC(C(=O)Nc1ccccc1)C(=O)c1nn(-c2ccccc2)c2c1COc1c-2cc(F)cc1N1CCCC1. The second-order valence-electron chi connectivity index (χ2n) is 9.49. The second-order valence-corrected chi connectivity index (χ2v) is 9.49. The molecular weight excluding hydrogens is 497 g/mol. The summed E-state index contributed by atoms with van der Waals surface area (Å²) >= 11 is 0. The first-order valence-electron chi connectivity index (χ1n) is 12.7. The highest BCUT2D eigenvalue weighted by molar-refractivity contribution is 6.16. The number of amides is 1. The van der Waals surface area contributed by atoms with Gasteiger partial charge in [-0.3, -0.25) is 9.59 Å². The smallest absolute Gasteiger partial charge is 0.249 e. The van der Waals surface area contributed by atoms with E-state index in [2.05, 4.69) is 15.3 Å².